The molecule has 3 aromatic rings. The van der Waals surface area contributed by atoms with Crippen molar-refractivity contribution in [1.82, 2.24) is 9.78 Å². The number of hydrogen-bond donors (Lipinski definition) is 1. The molecule has 106 valence electrons. The average molecular weight is 277 g/mol. The molecule has 0 spiro atoms. The molecule has 0 aliphatic rings. The van der Waals surface area contributed by atoms with E-state index in [1.807, 2.05) is 28.9 Å². The van der Waals surface area contributed by atoms with Crippen LogP contribution in [-0.2, 0) is 6.54 Å². The number of nitrogens with zero attached hydrogens (tertiary/aromatic N) is 2. The van der Waals surface area contributed by atoms with Crippen molar-refractivity contribution < 1.29 is 0 Å². The lowest BCUT2D eigenvalue weighted by Crippen LogP contribution is -2.05. The van der Waals surface area contributed by atoms with Crippen LogP contribution >= 0.6 is 0 Å². The number of aromatic nitrogens is 2. The van der Waals surface area contributed by atoms with Crippen molar-refractivity contribution in [1.29, 1.82) is 0 Å². The van der Waals surface area contributed by atoms with Gasteiger partial charge in [-0.2, -0.15) is 5.10 Å². The van der Waals surface area contributed by atoms with Gasteiger partial charge in [-0.05, 0) is 25.0 Å². The first-order chi connectivity index (χ1) is 10.1. The second-order valence-electron chi connectivity index (χ2n) is 5.42. The minimum atomic E-state index is 0.689. The van der Waals surface area contributed by atoms with E-state index in [2.05, 4.69) is 49.3 Å². The normalized spacial score (nSPS) is 10.8. The predicted molar refractivity (Wildman–Crippen MR) is 87.1 cm³/mol. The third-order valence-corrected chi connectivity index (χ3v) is 3.64. The molecule has 0 bridgehead atoms. The van der Waals surface area contributed by atoms with E-state index in [1.54, 1.807) is 0 Å². The van der Waals surface area contributed by atoms with E-state index in [1.165, 1.54) is 16.7 Å². The molecule has 3 heteroatoms. The van der Waals surface area contributed by atoms with Gasteiger partial charge in [0.05, 0.1) is 12.2 Å². The summed E-state index contributed by atoms with van der Waals surface area (Å²) in [5.74, 6) is 0.689. The summed E-state index contributed by atoms with van der Waals surface area (Å²) < 4.78 is 1.85. The van der Waals surface area contributed by atoms with Crippen LogP contribution < -0.4 is 5.73 Å². The Morgan fingerprint density at radius 3 is 2.48 bits per heavy atom. The molecule has 0 atom stereocenters. The molecule has 0 amide bonds. The van der Waals surface area contributed by atoms with Crippen LogP contribution in [0.5, 0.6) is 0 Å². The Morgan fingerprint density at radius 1 is 1.00 bits per heavy atom. The molecule has 2 aromatic carbocycles. The molecule has 0 unspecified atom stereocenters. The van der Waals surface area contributed by atoms with Gasteiger partial charge in [0.15, 0.2) is 0 Å². The van der Waals surface area contributed by atoms with Crippen LogP contribution in [0.25, 0.3) is 11.3 Å². The summed E-state index contributed by atoms with van der Waals surface area (Å²) in [6, 6.07) is 18.6. The number of anilines is 1. The van der Waals surface area contributed by atoms with Crippen LogP contribution in [0, 0.1) is 13.8 Å². The third kappa shape index (κ3) is 2.82. The van der Waals surface area contributed by atoms with Crippen LogP contribution in [0.15, 0.2) is 54.6 Å². The minimum absolute atomic E-state index is 0.689. The Labute approximate surface area is 125 Å². The van der Waals surface area contributed by atoms with Crippen LogP contribution in [0.2, 0.25) is 0 Å². The number of hydrogen-bond acceptors (Lipinski definition) is 2. The Balaban J connectivity index is 1.94. The fraction of sp³-hybridized carbons (Fsp3) is 0.167. The SMILES string of the molecule is Cc1ccc(-c2cc(N)n(Cc3ccccc3)n2)c(C)c1. The first kappa shape index (κ1) is 13.4. The van der Waals surface area contributed by atoms with Gasteiger partial charge >= 0.3 is 0 Å². The number of nitrogens with two attached hydrogens (primary N) is 1. The molecule has 0 fully saturated rings. The molecule has 1 aromatic heterocycles. The summed E-state index contributed by atoms with van der Waals surface area (Å²) >= 11 is 0. The second kappa shape index (κ2) is 5.44. The molecule has 0 aliphatic heterocycles. The maximum absolute atomic E-state index is 6.11. The Hall–Kier alpha value is -2.55. The molecule has 2 N–H and O–H groups in total. The lowest BCUT2D eigenvalue weighted by Gasteiger charge is -2.05. The minimum Gasteiger partial charge on any atom is -0.384 e. The summed E-state index contributed by atoms with van der Waals surface area (Å²) in [6.07, 6.45) is 0. The van der Waals surface area contributed by atoms with Gasteiger partial charge in [-0.3, -0.25) is 0 Å². The molecule has 3 rings (SSSR count). The molecule has 0 saturated carbocycles. The summed E-state index contributed by atoms with van der Waals surface area (Å²) in [5.41, 5.74) is 11.8. The van der Waals surface area contributed by atoms with E-state index in [0.717, 1.165) is 11.3 Å². The maximum Gasteiger partial charge on any atom is 0.122 e. The van der Waals surface area contributed by atoms with Crippen molar-refractivity contribution in [2.75, 3.05) is 5.73 Å². The van der Waals surface area contributed by atoms with Gasteiger partial charge < -0.3 is 5.73 Å². The molecule has 21 heavy (non-hydrogen) atoms. The lowest BCUT2D eigenvalue weighted by molar-refractivity contribution is 0.699. The number of nitrogen functional groups attached to an aromatic ring is 1. The van der Waals surface area contributed by atoms with Crippen LogP contribution in [-0.4, -0.2) is 9.78 Å². The van der Waals surface area contributed by atoms with Gasteiger partial charge in [0, 0.05) is 11.6 Å². The van der Waals surface area contributed by atoms with E-state index in [9.17, 15) is 0 Å². The third-order valence-electron chi connectivity index (χ3n) is 3.64. The highest BCUT2D eigenvalue weighted by Crippen LogP contribution is 2.25. The van der Waals surface area contributed by atoms with E-state index < -0.39 is 0 Å². The Kier molecular flexibility index (Phi) is 3.48. The first-order valence-electron chi connectivity index (χ1n) is 7.08. The monoisotopic (exact) mass is 277 g/mol. The first-order valence-corrected chi connectivity index (χ1v) is 7.08. The maximum atomic E-state index is 6.11. The average Bonchev–Trinajstić information content (AvgIpc) is 2.81. The van der Waals surface area contributed by atoms with Crippen molar-refractivity contribution >= 4 is 5.82 Å². The van der Waals surface area contributed by atoms with Crippen LogP contribution in [0.4, 0.5) is 5.82 Å². The largest absolute Gasteiger partial charge is 0.384 e. The Bertz CT molecular complexity index is 757. The van der Waals surface area contributed by atoms with Gasteiger partial charge in [-0.1, -0.05) is 54.1 Å². The second-order valence-corrected chi connectivity index (χ2v) is 5.42. The highest BCUT2D eigenvalue weighted by molar-refractivity contribution is 5.66. The molecule has 1 heterocycles. The summed E-state index contributed by atoms with van der Waals surface area (Å²) in [7, 11) is 0. The highest BCUT2D eigenvalue weighted by Gasteiger charge is 2.09. The van der Waals surface area contributed by atoms with Crippen molar-refractivity contribution in [2.45, 2.75) is 20.4 Å². The molecular formula is C18H19N3. The zero-order valence-corrected chi connectivity index (χ0v) is 12.4. The fourth-order valence-electron chi connectivity index (χ4n) is 2.55. The van der Waals surface area contributed by atoms with Crippen molar-refractivity contribution in [2.24, 2.45) is 0 Å². The quantitative estimate of drug-likeness (QED) is 0.791. The van der Waals surface area contributed by atoms with E-state index in [0.29, 0.717) is 12.4 Å². The van der Waals surface area contributed by atoms with E-state index in [4.69, 9.17) is 5.73 Å². The number of aryl methyl sites for hydroxylation is 2. The van der Waals surface area contributed by atoms with Gasteiger partial charge in [0.2, 0.25) is 0 Å². The number of rotatable bonds is 3. The van der Waals surface area contributed by atoms with Gasteiger partial charge in [0.25, 0.3) is 0 Å². The standard InChI is InChI=1S/C18H19N3/c1-13-8-9-16(14(2)10-13)17-11-18(19)21(20-17)12-15-6-4-3-5-7-15/h3-11H,12,19H2,1-2H3. The molecule has 0 saturated heterocycles. The van der Waals surface area contributed by atoms with Crippen molar-refractivity contribution in [3.63, 3.8) is 0 Å². The summed E-state index contributed by atoms with van der Waals surface area (Å²) in [4.78, 5) is 0. The predicted octanol–water partition coefficient (Wildman–Crippen LogP) is 3.80. The smallest absolute Gasteiger partial charge is 0.122 e. The van der Waals surface area contributed by atoms with Gasteiger partial charge in [0.1, 0.15) is 5.82 Å². The van der Waals surface area contributed by atoms with Gasteiger partial charge in [-0.25, -0.2) is 4.68 Å². The van der Waals surface area contributed by atoms with E-state index >= 15 is 0 Å². The van der Waals surface area contributed by atoms with Crippen molar-refractivity contribution in [3.05, 3.63) is 71.3 Å². The van der Waals surface area contributed by atoms with E-state index in [-0.39, 0.29) is 0 Å². The zero-order chi connectivity index (χ0) is 14.8. The zero-order valence-electron chi connectivity index (χ0n) is 12.4. The lowest BCUT2D eigenvalue weighted by atomic mass is 10.0. The molecular weight excluding hydrogens is 258 g/mol. The van der Waals surface area contributed by atoms with Crippen molar-refractivity contribution in [3.8, 4) is 11.3 Å². The molecule has 0 aliphatic carbocycles. The summed E-state index contributed by atoms with van der Waals surface area (Å²) in [6.45, 7) is 4.89. The molecule has 3 nitrogen and oxygen atoms in total. The van der Waals surface area contributed by atoms with Gasteiger partial charge in [-0.15, -0.1) is 0 Å². The molecule has 0 radical (unpaired) electrons. The summed E-state index contributed by atoms with van der Waals surface area (Å²) in [5, 5.41) is 4.66. The van der Waals surface area contributed by atoms with Crippen LogP contribution in [0.3, 0.4) is 0 Å². The fourth-order valence-corrected chi connectivity index (χ4v) is 2.55. The highest BCUT2D eigenvalue weighted by atomic mass is 15.3. The number of benzene rings is 2. The van der Waals surface area contributed by atoms with Crippen LogP contribution in [0.1, 0.15) is 16.7 Å². The Morgan fingerprint density at radius 2 is 1.76 bits per heavy atom. The topological polar surface area (TPSA) is 43.8 Å².